The highest BCUT2D eigenvalue weighted by molar-refractivity contribution is 9.18. The highest BCUT2D eigenvalue weighted by Crippen LogP contribution is 2.28. The molecule has 0 N–H and O–H groups in total. The van der Waals surface area contributed by atoms with Crippen LogP contribution in [-0.4, -0.2) is 38.9 Å². The molecule has 32 heavy (non-hydrogen) atoms. The van der Waals surface area contributed by atoms with Crippen molar-refractivity contribution in [2.75, 3.05) is 0 Å². The van der Waals surface area contributed by atoms with Gasteiger partial charge in [-0.15, -0.1) is 10.2 Å². The zero-order valence-corrected chi connectivity index (χ0v) is 19.1. The second kappa shape index (κ2) is 8.73. The van der Waals surface area contributed by atoms with Gasteiger partial charge < -0.3 is 4.52 Å². The molecule has 0 fully saturated rings. The average molecular weight is 497 g/mol. The topological polar surface area (TPSA) is 116 Å². The van der Waals surface area contributed by atoms with E-state index in [2.05, 4.69) is 53.2 Å². The Morgan fingerprint density at radius 1 is 1.16 bits per heavy atom. The number of hydrogen-bond acceptors (Lipinski definition) is 8. The van der Waals surface area contributed by atoms with Crippen LogP contribution < -0.4 is 5.56 Å². The molecule has 1 aliphatic rings. The lowest BCUT2D eigenvalue weighted by Gasteiger charge is -2.12. The summed E-state index contributed by atoms with van der Waals surface area (Å²) in [5.74, 6) is 2.77. The van der Waals surface area contributed by atoms with Crippen LogP contribution in [0.1, 0.15) is 43.4 Å². The summed E-state index contributed by atoms with van der Waals surface area (Å²) in [6, 6.07) is 3.62. The van der Waals surface area contributed by atoms with E-state index in [1.807, 2.05) is 16.7 Å². The van der Waals surface area contributed by atoms with Gasteiger partial charge >= 0.3 is 0 Å². The molecule has 4 aromatic rings. The summed E-state index contributed by atoms with van der Waals surface area (Å²) < 4.78 is 9.73. The molecule has 4 aromatic heterocycles. The predicted molar refractivity (Wildman–Crippen MR) is 121 cm³/mol. The fraction of sp³-hybridized carbons (Fsp3) is 0.381. The molecule has 1 aliphatic heterocycles. The molecule has 5 rings (SSSR count). The third kappa shape index (κ3) is 3.77. The van der Waals surface area contributed by atoms with Crippen LogP contribution in [0.5, 0.6) is 0 Å². The maximum absolute atomic E-state index is 13.3. The standard InChI is InChI=1S/C21H21BrN8O2/c1-2-3-4-11-29-18-14(12-15(22)24-18)20(31)30-17(26-27-21(29)30)6-5-16-25-19(32-28-16)13-7-9-23-10-8-13/h7-10H,2-6,11-12H2,1H3. The van der Waals surface area contributed by atoms with Crippen molar-refractivity contribution in [2.45, 2.75) is 52.0 Å². The first-order valence-corrected chi connectivity index (χ1v) is 11.4. The molecule has 0 atom stereocenters. The van der Waals surface area contributed by atoms with Crippen LogP contribution in [-0.2, 0) is 25.8 Å². The quantitative estimate of drug-likeness (QED) is 0.343. The van der Waals surface area contributed by atoms with Gasteiger partial charge in [0.15, 0.2) is 5.82 Å². The average Bonchev–Trinajstić information content (AvgIpc) is 3.53. The predicted octanol–water partition coefficient (Wildman–Crippen LogP) is 3.29. The van der Waals surface area contributed by atoms with Gasteiger partial charge in [0.05, 0.1) is 10.2 Å². The van der Waals surface area contributed by atoms with Crippen LogP contribution in [0.15, 0.2) is 38.8 Å². The normalized spacial score (nSPS) is 13.0. The summed E-state index contributed by atoms with van der Waals surface area (Å²) in [4.78, 5) is 26.2. The second-order valence-corrected chi connectivity index (χ2v) is 8.55. The third-order valence-corrected chi connectivity index (χ3v) is 5.90. The first-order valence-electron chi connectivity index (χ1n) is 10.6. The molecule has 11 heteroatoms. The van der Waals surface area contributed by atoms with Crippen molar-refractivity contribution >= 4 is 32.1 Å². The zero-order chi connectivity index (χ0) is 22.1. The first-order chi connectivity index (χ1) is 15.7. The summed E-state index contributed by atoms with van der Waals surface area (Å²) >= 11 is 3.45. The van der Waals surface area contributed by atoms with Gasteiger partial charge in [-0.1, -0.05) is 24.9 Å². The van der Waals surface area contributed by atoms with E-state index in [4.69, 9.17) is 4.52 Å². The lowest BCUT2D eigenvalue weighted by molar-refractivity contribution is 0.422. The summed E-state index contributed by atoms with van der Waals surface area (Å²) in [7, 11) is 0. The lowest BCUT2D eigenvalue weighted by atomic mass is 10.2. The van der Waals surface area contributed by atoms with Gasteiger partial charge in [0, 0.05) is 43.8 Å². The van der Waals surface area contributed by atoms with Crippen LogP contribution in [0.25, 0.3) is 17.2 Å². The van der Waals surface area contributed by atoms with Crippen LogP contribution >= 0.6 is 15.9 Å². The van der Waals surface area contributed by atoms with E-state index in [-0.39, 0.29) is 5.56 Å². The van der Waals surface area contributed by atoms with Crippen molar-refractivity contribution in [3.05, 3.63) is 52.1 Å². The number of halogens is 1. The molecule has 0 amide bonds. The summed E-state index contributed by atoms with van der Waals surface area (Å²) in [6.07, 6.45) is 7.95. The van der Waals surface area contributed by atoms with Crippen LogP contribution in [0.2, 0.25) is 0 Å². The van der Waals surface area contributed by atoms with Gasteiger partial charge in [0.1, 0.15) is 11.6 Å². The Kier molecular flexibility index (Phi) is 5.64. The molecule has 5 heterocycles. The number of aryl methyl sites for hydroxylation is 3. The molecule has 0 unspecified atom stereocenters. The molecular weight excluding hydrogens is 476 g/mol. The van der Waals surface area contributed by atoms with E-state index in [0.29, 0.717) is 54.0 Å². The molecule has 0 saturated heterocycles. The second-order valence-electron chi connectivity index (χ2n) is 7.63. The van der Waals surface area contributed by atoms with Gasteiger partial charge in [-0.05, 0) is 34.5 Å². The van der Waals surface area contributed by atoms with E-state index in [1.165, 1.54) is 0 Å². The number of nitrogens with zero attached hydrogens (tertiary/aromatic N) is 8. The number of fused-ring (bicyclic) bond motifs is 2. The van der Waals surface area contributed by atoms with E-state index >= 15 is 0 Å². The Morgan fingerprint density at radius 2 is 2.00 bits per heavy atom. The van der Waals surface area contributed by atoms with E-state index in [0.717, 1.165) is 36.0 Å². The summed E-state index contributed by atoms with van der Waals surface area (Å²) in [6.45, 7) is 2.90. The number of aliphatic imine (C=N–C) groups is 1. The van der Waals surface area contributed by atoms with Gasteiger partial charge in [-0.2, -0.15) is 4.98 Å². The van der Waals surface area contributed by atoms with Crippen molar-refractivity contribution in [3.8, 4) is 11.5 Å². The van der Waals surface area contributed by atoms with Gasteiger partial charge in [0.25, 0.3) is 11.4 Å². The minimum absolute atomic E-state index is 0.120. The molecule has 0 radical (unpaired) electrons. The molecule has 0 saturated carbocycles. The smallest absolute Gasteiger partial charge is 0.266 e. The third-order valence-electron chi connectivity index (χ3n) is 5.44. The molecule has 0 aromatic carbocycles. The minimum Gasteiger partial charge on any atom is -0.334 e. The number of pyridine rings is 1. The monoisotopic (exact) mass is 496 g/mol. The molecular formula is C21H21BrN8O2. The fourth-order valence-corrected chi connectivity index (χ4v) is 4.29. The number of aromatic nitrogens is 7. The van der Waals surface area contributed by atoms with Crippen molar-refractivity contribution in [1.29, 1.82) is 0 Å². The Balaban J connectivity index is 1.45. The van der Waals surface area contributed by atoms with Crippen LogP contribution in [0.4, 0.5) is 5.82 Å². The Morgan fingerprint density at radius 3 is 2.81 bits per heavy atom. The van der Waals surface area contributed by atoms with Crippen LogP contribution in [0.3, 0.4) is 0 Å². The van der Waals surface area contributed by atoms with E-state index < -0.39 is 0 Å². The highest BCUT2D eigenvalue weighted by atomic mass is 79.9. The molecule has 0 aliphatic carbocycles. The maximum Gasteiger partial charge on any atom is 0.266 e. The summed E-state index contributed by atoms with van der Waals surface area (Å²) in [5.41, 5.74) is 1.36. The molecule has 10 nitrogen and oxygen atoms in total. The van der Waals surface area contributed by atoms with Gasteiger partial charge in [-0.3, -0.25) is 14.3 Å². The number of rotatable bonds is 8. The fourth-order valence-electron chi connectivity index (χ4n) is 3.84. The Hall–Kier alpha value is -3.21. The summed E-state index contributed by atoms with van der Waals surface area (Å²) in [5, 5.41) is 12.7. The van der Waals surface area contributed by atoms with Crippen LogP contribution in [0, 0.1) is 0 Å². The van der Waals surface area contributed by atoms with Crippen molar-refractivity contribution in [3.63, 3.8) is 0 Å². The van der Waals surface area contributed by atoms with E-state index in [9.17, 15) is 4.79 Å². The van der Waals surface area contributed by atoms with Crippen molar-refractivity contribution < 1.29 is 4.52 Å². The maximum atomic E-state index is 13.3. The number of hydrogen-bond donors (Lipinski definition) is 0. The van der Waals surface area contributed by atoms with Gasteiger partial charge in [-0.25, -0.2) is 9.39 Å². The molecule has 0 bridgehead atoms. The Bertz CT molecular complexity index is 1360. The Labute approximate surface area is 191 Å². The largest absolute Gasteiger partial charge is 0.334 e. The van der Waals surface area contributed by atoms with Crippen molar-refractivity contribution in [1.82, 2.24) is 34.3 Å². The van der Waals surface area contributed by atoms with Crippen molar-refractivity contribution in [2.24, 2.45) is 4.99 Å². The highest BCUT2D eigenvalue weighted by Gasteiger charge is 2.25. The number of unbranched alkanes of at least 4 members (excludes halogenated alkanes) is 2. The molecule has 0 spiro atoms. The zero-order valence-electron chi connectivity index (χ0n) is 17.5. The van der Waals surface area contributed by atoms with E-state index in [1.54, 1.807) is 16.8 Å². The van der Waals surface area contributed by atoms with Gasteiger partial charge in [0.2, 0.25) is 5.78 Å². The molecule has 164 valence electrons. The SMILES string of the molecule is CCCCCn1c2c(c(=O)n3c(CCc4noc(-c5ccncc5)n4)nnc13)CC(Br)=N2. The first kappa shape index (κ1) is 20.7. The minimum atomic E-state index is -0.120. The lowest BCUT2D eigenvalue weighted by Crippen LogP contribution is -2.24.